The van der Waals surface area contributed by atoms with Crippen molar-refractivity contribution in [3.05, 3.63) is 52.0 Å². The first-order valence-electron chi connectivity index (χ1n) is 12.5. The van der Waals surface area contributed by atoms with Gasteiger partial charge in [-0.25, -0.2) is 9.78 Å². The number of nitrogens with one attached hydrogen (secondary N) is 1. The molecule has 3 aromatic rings. The number of fused-ring (bicyclic) bond motifs is 2. The van der Waals surface area contributed by atoms with Gasteiger partial charge in [-0.3, -0.25) is 0 Å². The lowest BCUT2D eigenvalue weighted by atomic mass is 9.93. The quantitative estimate of drug-likeness (QED) is 0.300. The van der Waals surface area contributed by atoms with Crippen LogP contribution >= 0.6 is 23.2 Å². The van der Waals surface area contributed by atoms with Gasteiger partial charge in [0.2, 0.25) is 5.28 Å². The fourth-order valence-electron chi connectivity index (χ4n) is 5.40. The standard InChI is InChI=1S/C27H32Cl2N4O5/c1-26(2,3)38-25(34)30-13-14-9-15(11-16(10-14)35-6)18-12-19(21-20(18)36-27(4,5)37-21)33-8-7-17-22(28)31-24(29)32-23(17)33/h7-11,18-21H,12-13H2,1-6H3,(H,30,34)/t18-,19-,20-,21+/m1/s1. The maximum Gasteiger partial charge on any atom is 0.407 e. The molecule has 0 radical (unpaired) electrons. The van der Waals surface area contributed by atoms with Gasteiger partial charge < -0.3 is 28.8 Å². The molecule has 204 valence electrons. The number of aromatic nitrogens is 3. The van der Waals surface area contributed by atoms with E-state index in [0.29, 0.717) is 23.1 Å². The van der Waals surface area contributed by atoms with Crippen molar-refractivity contribution in [1.82, 2.24) is 19.9 Å². The van der Waals surface area contributed by atoms with E-state index in [1.807, 2.05) is 59.0 Å². The number of benzene rings is 1. The number of carbonyl (C=O) groups excluding carboxylic acids is 1. The van der Waals surface area contributed by atoms with Crippen LogP contribution in [0.3, 0.4) is 0 Å². The highest BCUT2D eigenvalue weighted by Gasteiger charge is 2.55. The fourth-order valence-corrected chi connectivity index (χ4v) is 5.84. The minimum absolute atomic E-state index is 0.00705. The third-order valence-electron chi connectivity index (χ3n) is 6.78. The molecule has 3 heterocycles. The summed E-state index contributed by atoms with van der Waals surface area (Å²) in [6, 6.07) is 7.80. The molecule has 11 heteroatoms. The van der Waals surface area contributed by atoms with Crippen LogP contribution in [-0.2, 0) is 20.8 Å². The van der Waals surface area contributed by atoms with Crippen LogP contribution < -0.4 is 10.1 Å². The van der Waals surface area contributed by atoms with Crippen molar-refractivity contribution < 1.29 is 23.7 Å². The van der Waals surface area contributed by atoms with Crippen molar-refractivity contribution >= 4 is 40.3 Å². The molecule has 1 saturated carbocycles. The molecule has 1 saturated heterocycles. The highest BCUT2D eigenvalue weighted by Crippen LogP contribution is 2.52. The number of carbonyl (C=O) groups is 1. The molecule has 2 aliphatic rings. The number of rotatable bonds is 5. The van der Waals surface area contributed by atoms with Crippen LogP contribution in [-0.4, -0.2) is 51.3 Å². The molecule has 1 aromatic carbocycles. The molecule has 1 aliphatic carbocycles. The lowest BCUT2D eigenvalue weighted by molar-refractivity contribution is -0.157. The minimum atomic E-state index is -0.751. The van der Waals surface area contributed by atoms with Crippen LogP contribution in [0.2, 0.25) is 10.4 Å². The summed E-state index contributed by atoms with van der Waals surface area (Å²) in [5, 5.41) is 3.96. The second-order valence-electron chi connectivity index (χ2n) is 11.2. The smallest absolute Gasteiger partial charge is 0.407 e. The first-order valence-corrected chi connectivity index (χ1v) is 13.3. The summed E-state index contributed by atoms with van der Waals surface area (Å²) >= 11 is 12.5. The SMILES string of the molecule is COc1cc(CNC(=O)OC(C)(C)C)cc([C@H]2C[C@@H](n3ccc4c(Cl)nc(Cl)nc43)[C@@H]3OC(C)(C)O[C@@H]32)c1. The van der Waals surface area contributed by atoms with Gasteiger partial charge in [-0.15, -0.1) is 0 Å². The fraction of sp³-hybridized carbons (Fsp3) is 0.519. The maximum absolute atomic E-state index is 12.2. The molecule has 0 unspecified atom stereocenters. The van der Waals surface area contributed by atoms with Gasteiger partial charge in [0.25, 0.3) is 0 Å². The monoisotopic (exact) mass is 562 g/mol. The van der Waals surface area contributed by atoms with E-state index in [2.05, 4.69) is 25.9 Å². The highest BCUT2D eigenvalue weighted by atomic mass is 35.5. The molecule has 1 amide bonds. The summed E-state index contributed by atoms with van der Waals surface area (Å²) in [6.07, 6.45) is 1.76. The Hall–Kier alpha value is -2.59. The molecule has 9 nitrogen and oxygen atoms in total. The first-order chi connectivity index (χ1) is 17.8. The second kappa shape index (κ2) is 9.86. The molecule has 38 heavy (non-hydrogen) atoms. The van der Waals surface area contributed by atoms with Gasteiger partial charge in [-0.05, 0) is 82.0 Å². The van der Waals surface area contributed by atoms with E-state index in [-0.39, 0.29) is 29.5 Å². The molecule has 0 bridgehead atoms. The van der Waals surface area contributed by atoms with Crippen molar-refractivity contribution in [2.45, 2.75) is 83.1 Å². The number of nitrogens with zero attached hydrogens (tertiary/aromatic N) is 3. The molecule has 0 spiro atoms. The second-order valence-corrected chi connectivity index (χ2v) is 11.9. The Morgan fingerprint density at radius 2 is 1.92 bits per heavy atom. The zero-order chi connectivity index (χ0) is 27.4. The molecule has 2 aromatic heterocycles. The van der Waals surface area contributed by atoms with Crippen LogP contribution in [0.4, 0.5) is 4.79 Å². The van der Waals surface area contributed by atoms with Crippen molar-refractivity contribution in [3.8, 4) is 5.75 Å². The Labute approximate surface area is 231 Å². The van der Waals surface area contributed by atoms with E-state index < -0.39 is 17.5 Å². The number of methoxy groups -OCH3 is 1. The van der Waals surface area contributed by atoms with E-state index in [9.17, 15) is 4.79 Å². The van der Waals surface area contributed by atoms with E-state index in [1.165, 1.54) is 0 Å². The Balaban J connectivity index is 1.47. The van der Waals surface area contributed by atoms with Crippen molar-refractivity contribution in [3.63, 3.8) is 0 Å². The summed E-state index contributed by atoms with van der Waals surface area (Å²) in [6.45, 7) is 9.63. The minimum Gasteiger partial charge on any atom is -0.497 e. The van der Waals surface area contributed by atoms with Crippen molar-refractivity contribution in [1.29, 1.82) is 0 Å². The van der Waals surface area contributed by atoms with Crippen molar-refractivity contribution in [2.75, 3.05) is 7.11 Å². The average Bonchev–Trinajstić information content (AvgIpc) is 3.46. The number of amides is 1. The first kappa shape index (κ1) is 27.0. The van der Waals surface area contributed by atoms with Crippen LogP contribution in [0.15, 0.2) is 30.5 Å². The van der Waals surface area contributed by atoms with E-state index >= 15 is 0 Å². The third-order valence-corrected chi connectivity index (χ3v) is 7.24. The summed E-state index contributed by atoms with van der Waals surface area (Å²) in [5.74, 6) is -0.0637. The normalized spacial score (nSPS) is 24.4. The summed E-state index contributed by atoms with van der Waals surface area (Å²) in [4.78, 5) is 20.8. The van der Waals surface area contributed by atoms with Gasteiger partial charge >= 0.3 is 6.09 Å². The van der Waals surface area contributed by atoms with Crippen LogP contribution in [0, 0.1) is 0 Å². The van der Waals surface area contributed by atoms with E-state index in [1.54, 1.807) is 7.11 Å². The van der Waals surface area contributed by atoms with E-state index in [0.717, 1.165) is 22.9 Å². The molecular formula is C27H32Cl2N4O5. The maximum atomic E-state index is 12.2. The van der Waals surface area contributed by atoms with Gasteiger partial charge in [0, 0.05) is 18.7 Å². The Kier molecular flexibility index (Phi) is 7.01. The molecule has 5 rings (SSSR count). The largest absolute Gasteiger partial charge is 0.497 e. The van der Waals surface area contributed by atoms with Gasteiger partial charge in [-0.2, -0.15) is 4.98 Å². The lowest BCUT2D eigenvalue weighted by Crippen LogP contribution is -2.32. The topological polar surface area (TPSA) is 96.7 Å². The van der Waals surface area contributed by atoms with Gasteiger partial charge in [0.05, 0.1) is 24.6 Å². The lowest BCUT2D eigenvalue weighted by Gasteiger charge is -2.25. The van der Waals surface area contributed by atoms with Crippen molar-refractivity contribution in [2.24, 2.45) is 0 Å². The number of hydrogen-bond donors (Lipinski definition) is 1. The summed E-state index contributed by atoms with van der Waals surface area (Å²) in [5.41, 5.74) is 2.00. The number of ether oxygens (including phenoxy) is 4. The molecule has 1 aliphatic heterocycles. The number of halogens is 2. The van der Waals surface area contributed by atoms with Gasteiger partial charge in [0.1, 0.15) is 28.3 Å². The van der Waals surface area contributed by atoms with Crippen LogP contribution in [0.25, 0.3) is 11.0 Å². The van der Waals surface area contributed by atoms with Gasteiger partial charge in [-0.1, -0.05) is 17.7 Å². The third kappa shape index (κ3) is 5.43. The highest BCUT2D eigenvalue weighted by molar-refractivity contribution is 6.35. The molecule has 2 fully saturated rings. The number of hydrogen-bond acceptors (Lipinski definition) is 7. The molecule has 1 N–H and O–H groups in total. The zero-order valence-corrected chi connectivity index (χ0v) is 23.8. The summed E-state index contributed by atoms with van der Waals surface area (Å²) < 4.78 is 25.9. The predicted octanol–water partition coefficient (Wildman–Crippen LogP) is 6.02. The Morgan fingerprint density at radius 3 is 2.63 bits per heavy atom. The van der Waals surface area contributed by atoms with Gasteiger partial charge in [0.15, 0.2) is 5.79 Å². The van der Waals surface area contributed by atoms with Crippen LogP contribution in [0.1, 0.15) is 64.1 Å². The van der Waals surface area contributed by atoms with E-state index in [4.69, 9.17) is 42.1 Å². The zero-order valence-electron chi connectivity index (χ0n) is 22.2. The molecular weight excluding hydrogens is 531 g/mol. The Morgan fingerprint density at radius 1 is 1.18 bits per heavy atom. The van der Waals surface area contributed by atoms with Crippen LogP contribution in [0.5, 0.6) is 5.75 Å². The predicted molar refractivity (Wildman–Crippen MR) is 144 cm³/mol. The number of alkyl carbamates (subject to hydrolysis) is 1. The Bertz CT molecular complexity index is 1370. The average molecular weight is 563 g/mol. The summed E-state index contributed by atoms with van der Waals surface area (Å²) in [7, 11) is 1.63. The molecule has 4 atom stereocenters.